The fourth-order valence-corrected chi connectivity index (χ4v) is 2.78. The van der Waals surface area contributed by atoms with Gasteiger partial charge in [0.05, 0.1) is 26.0 Å². The molecule has 0 radical (unpaired) electrons. The van der Waals surface area contributed by atoms with Gasteiger partial charge in [0.25, 0.3) is 5.91 Å². The summed E-state index contributed by atoms with van der Waals surface area (Å²) in [6.07, 6.45) is 1.51. The van der Waals surface area contributed by atoms with Gasteiger partial charge in [0.15, 0.2) is 0 Å². The molecule has 164 valence electrons. The Morgan fingerprint density at radius 2 is 1.59 bits per heavy atom. The molecule has 0 unspecified atom stereocenters. The quantitative estimate of drug-likeness (QED) is 0.393. The molecule has 0 saturated carbocycles. The Bertz CT molecular complexity index is 1100. The highest BCUT2D eigenvalue weighted by molar-refractivity contribution is 5.95. The number of nitrogens with one attached hydrogen (secondary N) is 1. The van der Waals surface area contributed by atoms with E-state index in [1.807, 2.05) is 0 Å². The minimum atomic E-state index is -0.979. The molecule has 0 heterocycles. The average molecular weight is 434 g/mol. The van der Waals surface area contributed by atoms with Crippen LogP contribution in [0.5, 0.6) is 17.2 Å². The molecular weight excluding hydrogens is 412 g/mol. The molecule has 3 aromatic carbocycles. The standard InChI is InChI=1S/C24H22N2O6/c1-30-21-11-19(12-22(13-21)31-2)23(27)26-25-14-16-6-8-20(9-7-16)32-15-17-4-3-5-18(10-17)24(28)29/h3-14H,15H2,1-2H3,(H,26,27)(H,28,29). The van der Waals surface area contributed by atoms with Crippen molar-refractivity contribution in [3.8, 4) is 17.2 Å². The van der Waals surface area contributed by atoms with Crippen LogP contribution in [0.1, 0.15) is 31.8 Å². The lowest BCUT2D eigenvalue weighted by Gasteiger charge is -2.08. The molecule has 3 rings (SSSR count). The third kappa shape index (κ3) is 6.09. The van der Waals surface area contributed by atoms with Gasteiger partial charge >= 0.3 is 5.97 Å². The van der Waals surface area contributed by atoms with Gasteiger partial charge in [-0.15, -0.1) is 0 Å². The first-order chi connectivity index (χ1) is 15.5. The van der Waals surface area contributed by atoms with Crippen molar-refractivity contribution in [2.24, 2.45) is 5.10 Å². The first-order valence-electron chi connectivity index (χ1n) is 9.60. The lowest BCUT2D eigenvalue weighted by atomic mass is 10.1. The number of ether oxygens (including phenoxy) is 3. The Hall–Kier alpha value is -4.33. The van der Waals surface area contributed by atoms with Crippen LogP contribution in [0.3, 0.4) is 0 Å². The first kappa shape index (κ1) is 22.4. The molecule has 0 fully saturated rings. The summed E-state index contributed by atoms with van der Waals surface area (Å²) in [4.78, 5) is 23.4. The third-order valence-corrected chi connectivity index (χ3v) is 4.45. The van der Waals surface area contributed by atoms with Crippen molar-refractivity contribution in [2.75, 3.05) is 14.2 Å². The zero-order chi connectivity index (χ0) is 22.9. The van der Waals surface area contributed by atoms with Gasteiger partial charge in [-0.3, -0.25) is 4.79 Å². The maximum Gasteiger partial charge on any atom is 0.335 e. The zero-order valence-corrected chi connectivity index (χ0v) is 17.6. The topological polar surface area (TPSA) is 106 Å². The van der Waals surface area contributed by atoms with E-state index < -0.39 is 11.9 Å². The number of carbonyl (C=O) groups excluding carboxylic acids is 1. The second kappa shape index (κ2) is 10.6. The minimum Gasteiger partial charge on any atom is -0.497 e. The average Bonchev–Trinajstić information content (AvgIpc) is 2.83. The van der Waals surface area contributed by atoms with Crippen LogP contribution in [0.2, 0.25) is 0 Å². The van der Waals surface area contributed by atoms with E-state index in [1.54, 1.807) is 60.7 Å². The SMILES string of the molecule is COc1cc(OC)cc(C(=O)NN=Cc2ccc(OCc3cccc(C(=O)O)c3)cc2)c1. The highest BCUT2D eigenvalue weighted by atomic mass is 16.5. The Morgan fingerprint density at radius 3 is 2.22 bits per heavy atom. The molecule has 0 aliphatic carbocycles. The molecule has 0 saturated heterocycles. The molecule has 0 atom stereocenters. The number of benzene rings is 3. The van der Waals surface area contributed by atoms with Crippen molar-refractivity contribution < 1.29 is 28.9 Å². The molecular formula is C24H22N2O6. The van der Waals surface area contributed by atoms with Gasteiger partial charge in [-0.2, -0.15) is 5.10 Å². The highest BCUT2D eigenvalue weighted by Gasteiger charge is 2.09. The summed E-state index contributed by atoms with van der Waals surface area (Å²) in [5, 5.41) is 13.0. The van der Waals surface area contributed by atoms with E-state index in [4.69, 9.17) is 19.3 Å². The predicted molar refractivity (Wildman–Crippen MR) is 119 cm³/mol. The molecule has 3 aromatic rings. The smallest absolute Gasteiger partial charge is 0.335 e. The lowest BCUT2D eigenvalue weighted by molar-refractivity contribution is 0.0696. The van der Waals surface area contributed by atoms with Crippen molar-refractivity contribution in [3.63, 3.8) is 0 Å². The van der Waals surface area contributed by atoms with Gasteiger partial charge in [-0.05, 0) is 59.7 Å². The van der Waals surface area contributed by atoms with Crippen molar-refractivity contribution in [3.05, 3.63) is 89.0 Å². The van der Waals surface area contributed by atoms with E-state index in [1.165, 1.54) is 26.5 Å². The number of carboxylic acid groups (broad SMARTS) is 1. The fourth-order valence-electron chi connectivity index (χ4n) is 2.78. The molecule has 32 heavy (non-hydrogen) atoms. The van der Waals surface area contributed by atoms with Gasteiger partial charge < -0.3 is 19.3 Å². The number of aromatic carboxylic acids is 1. The van der Waals surface area contributed by atoms with Gasteiger partial charge in [0.1, 0.15) is 23.9 Å². The number of hydrogen-bond donors (Lipinski definition) is 2. The van der Waals surface area contributed by atoms with E-state index in [9.17, 15) is 9.59 Å². The third-order valence-electron chi connectivity index (χ3n) is 4.45. The Morgan fingerprint density at radius 1 is 0.906 bits per heavy atom. The molecule has 0 aliphatic heterocycles. The van der Waals surface area contributed by atoms with E-state index in [-0.39, 0.29) is 12.2 Å². The van der Waals surface area contributed by atoms with E-state index in [0.29, 0.717) is 22.8 Å². The maximum atomic E-state index is 12.3. The van der Waals surface area contributed by atoms with Gasteiger partial charge in [-0.1, -0.05) is 12.1 Å². The molecule has 0 aromatic heterocycles. The summed E-state index contributed by atoms with van der Waals surface area (Å²) in [6, 6.07) is 18.5. The van der Waals surface area contributed by atoms with Crippen molar-refractivity contribution in [1.82, 2.24) is 5.43 Å². The minimum absolute atomic E-state index is 0.215. The Labute approximate surface area is 185 Å². The number of methoxy groups -OCH3 is 2. The number of carbonyl (C=O) groups is 2. The number of rotatable bonds is 9. The second-order valence-electron chi connectivity index (χ2n) is 6.66. The summed E-state index contributed by atoms with van der Waals surface area (Å²) < 4.78 is 16.0. The van der Waals surface area contributed by atoms with Crippen LogP contribution >= 0.6 is 0 Å². The summed E-state index contributed by atoms with van der Waals surface area (Å²) in [7, 11) is 3.02. The van der Waals surface area contributed by atoms with Gasteiger partial charge in [0.2, 0.25) is 0 Å². The fraction of sp³-hybridized carbons (Fsp3) is 0.125. The number of hydrazone groups is 1. The van der Waals surface area contributed by atoms with Gasteiger partial charge in [-0.25, -0.2) is 10.2 Å². The summed E-state index contributed by atoms with van der Waals surface area (Å²) in [5.41, 5.74) is 4.55. The van der Waals surface area contributed by atoms with E-state index in [2.05, 4.69) is 10.5 Å². The van der Waals surface area contributed by atoms with Crippen molar-refractivity contribution in [1.29, 1.82) is 0 Å². The lowest BCUT2D eigenvalue weighted by Crippen LogP contribution is -2.17. The number of nitrogens with zero attached hydrogens (tertiary/aromatic N) is 1. The Kier molecular flexibility index (Phi) is 7.42. The van der Waals surface area contributed by atoms with Crippen LogP contribution in [0.15, 0.2) is 71.8 Å². The summed E-state index contributed by atoms with van der Waals surface area (Å²) in [5.74, 6) is 0.248. The van der Waals surface area contributed by atoms with Crippen LogP contribution in [0.4, 0.5) is 0 Å². The van der Waals surface area contributed by atoms with E-state index >= 15 is 0 Å². The summed E-state index contributed by atoms with van der Waals surface area (Å²) in [6.45, 7) is 0.245. The van der Waals surface area contributed by atoms with Crippen LogP contribution in [-0.4, -0.2) is 37.4 Å². The maximum absolute atomic E-state index is 12.3. The molecule has 0 bridgehead atoms. The summed E-state index contributed by atoms with van der Waals surface area (Å²) >= 11 is 0. The van der Waals surface area contributed by atoms with Crippen molar-refractivity contribution in [2.45, 2.75) is 6.61 Å². The molecule has 8 heteroatoms. The number of hydrogen-bond acceptors (Lipinski definition) is 6. The van der Waals surface area contributed by atoms with Crippen LogP contribution in [0, 0.1) is 0 Å². The zero-order valence-electron chi connectivity index (χ0n) is 17.6. The van der Waals surface area contributed by atoms with Crippen LogP contribution in [0.25, 0.3) is 0 Å². The van der Waals surface area contributed by atoms with Crippen LogP contribution in [-0.2, 0) is 6.61 Å². The number of carboxylic acids is 1. The second-order valence-corrected chi connectivity index (χ2v) is 6.66. The van der Waals surface area contributed by atoms with Gasteiger partial charge in [0, 0.05) is 11.6 Å². The Balaban J connectivity index is 1.56. The predicted octanol–water partition coefficient (Wildman–Crippen LogP) is 3.74. The van der Waals surface area contributed by atoms with Crippen molar-refractivity contribution >= 4 is 18.1 Å². The molecule has 8 nitrogen and oxygen atoms in total. The monoisotopic (exact) mass is 434 g/mol. The molecule has 0 spiro atoms. The molecule has 0 aliphatic rings. The highest BCUT2D eigenvalue weighted by Crippen LogP contribution is 2.22. The van der Waals surface area contributed by atoms with Crippen LogP contribution < -0.4 is 19.6 Å². The first-order valence-corrected chi connectivity index (χ1v) is 9.60. The molecule has 2 N–H and O–H groups in total. The number of amides is 1. The molecule has 1 amide bonds. The van der Waals surface area contributed by atoms with E-state index in [0.717, 1.165) is 11.1 Å². The normalized spacial score (nSPS) is 10.6. The largest absolute Gasteiger partial charge is 0.497 e.